The normalized spacial score (nSPS) is 12.8. The van der Waals surface area contributed by atoms with Crippen molar-refractivity contribution in [2.24, 2.45) is 0 Å². The summed E-state index contributed by atoms with van der Waals surface area (Å²) in [5.41, 5.74) is 7.11. The van der Waals surface area contributed by atoms with Gasteiger partial charge >= 0.3 is 0 Å². The Kier molecular flexibility index (Phi) is 7.96. The predicted molar refractivity (Wildman–Crippen MR) is 180 cm³/mol. The molecule has 0 saturated heterocycles. The third-order valence-corrected chi connectivity index (χ3v) is 11.5. The van der Waals surface area contributed by atoms with Gasteiger partial charge in [-0.2, -0.15) is 0 Å². The highest BCUT2D eigenvalue weighted by molar-refractivity contribution is 7.91. The van der Waals surface area contributed by atoms with Gasteiger partial charge in [0.25, 0.3) is 0 Å². The van der Waals surface area contributed by atoms with Gasteiger partial charge in [-0.05, 0) is 66.4 Å². The maximum Gasteiger partial charge on any atom is 0.175 e. The molecule has 0 saturated carbocycles. The summed E-state index contributed by atoms with van der Waals surface area (Å²) in [6.45, 7) is 1.74. The molecule has 2 aromatic heterocycles. The summed E-state index contributed by atoms with van der Waals surface area (Å²) in [6.07, 6.45) is 4.65. The van der Waals surface area contributed by atoms with Crippen LogP contribution in [-0.2, 0) is 26.1 Å². The van der Waals surface area contributed by atoms with Gasteiger partial charge in [0.15, 0.2) is 9.84 Å². The first-order chi connectivity index (χ1) is 21.0. The zero-order valence-corrected chi connectivity index (χ0v) is 26.9. The average molecular weight is 639 g/mol. The first kappa shape index (κ1) is 29.9. The van der Waals surface area contributed by atoms with Crippen molar-refractivity contribution in [3.8, 4) is 43.4 Å². The molecule has 0 amide bonds. The predicted octanol–water partition coefficient (Wildman–Crippen LogP) is 7.74. The monoisotopic (exact) mass is 638 g/mol. The SMILES string of the molecule is CC(Cc1cc(-c2cccc(-c3sc(-c4cccc(S(C)(=O)=O)c4)nc3-c3ccccc3)c2)c2ncccc2c1)S(C)(=O)=O. The van der Waals surface area contributed by atoms with E-state index in [4.69, 9.17) is 4.98 Å². The summed E-state index contributed by atoms with van der Waals surface area (Å²) in [7, 11) is -6.57. The minimum absolute atomic E-state index is 0.249. The standard InChI is InChI=1S/C35H30N2O4S3/c1-23(43(2,38)39)18-24-19-27-15-9-17-36-32(27)31(20-24)26-12-7-13-28(21-26)34-33(25-10-5-4-6-11-25)37-35(42-34)29-14-8-16-30(22-29)44(3,40)41/h4-17,19-23H,18H2,1-3H3. The van der Waals surface area contributed by atoms with Crippen molar-refractivity contribution in [3.63, 3.8) is 0 Å². The number of benzene rings is 4. The van der Waals surface area contributed by atoms with E-state index in [1.54, 1.807) is 31.3 Å². The van der Waals surface area contributed by atoms with Crippen molar-refractivity contribution < 1.29 is 16.8 Å². The first-order valence-electron chi connectivity index (χ1n) is 14.0. The second-order valence-corrected chi connectivity index (χ2v) is 16.5. The fourth-order valence-electron chi connectivity index (χ4n) is 5.19. The molecule has 44 heavy (non-hydrogen) atoms. The van der Waals surface area contributed by atoms with Crippen molar-refractivity contribution in [2.75, 3.05) is 12.5 Å². The average Bonchev–Trinajstić information content (AvgIpc) is 3.46. The molecule has 222 valence electrons. The molecule has 0 N–H and O–H groups in total. The summed E-state index contributed by atoms with van der Waals surface area (Å²) in [6, 6.07) is 33.0. The van der Waals surface area contributed by atoms with Crippen molar-refractivity contribution in [1.29, 1.82) is 0 Å². The van der Waals surface area contributed by atoms with Crippen LogP contribution in [0.1, 0.15) is 12.5 Å². The zero-order chi connectivity index (χ0) is 31.1. The topological polar surface area (TPSA) is 94.1 Å². The Morgan fingerprint density at radius 3 is 2.18 bits per heavy atom. The third-order valence-electron chi connectivity index (χ3n) is 7.64. The number of fused-ring (bicyclic) bond motifs is 1. The Morgan fingerprint density at radius 1 is 0.727 bits per heavy atom. The van der Waals surface area contributed by atoms with Crippen LogP contribution in [0.25, 0.3) is 54.3 Å². The molecule has 0 aliphatic heterocycles. The van der Waals surface area contributed by atoms with Crippen molar-refractivity contribution in [3.05, 3.63) is 115 Å². The second kappa shape index (κ2) is 11.7. The van der Waals surface area contributed by atoms with Crippen LogP contribution < -0.4 is 0 Å². The lowest BCUT2D eigenvalue weighted by molar-refractivity contribution is 0.588. The molecule has 9 heteroatoms. The van der Waals surface area contributed by atoms with E-state index in [2.05, 4.69) is 11.1 Å². The number of thiazole rings is 1. The number of rotatable bonds is 8. The van der Waals surface area contributed by atoms with Crippen LogP contribution in [0.2, 0.25) is 0 Å². The molecule has 0 radical (unpaired) electrons. The van der Waals surface area contributed by atoms with Crippen LogP contribution in [0.5, 0.6) is 0 Å². The van der Waals surface area contributed by atoms with Crippen molar-refractivity contribution in [2.45, 2.75) is 23.5 Å². The molecular formula is C35H30N2O4S3. The molecule has 0 spiro atoms. The van der Waals surface area contributed by atoms with E-state index in [1.165, 1.54) is 23.8 Å². The Hall–Kier alpha value is -4.18. The minimum atomic E-state index is -3.38. The fraction of sp³-hybridized carbons (Fsp3) is 0.143. The Bertz CT molecular complexity index is 2230. The number of sulfone groups is 2. The number of nitrogens with zero attached hydrogens (tertiary/aromatic N) is 2. The molecule has 1 unspecified atom stereocenters. The Morgan fingerprint density at radius 2 is 1.43 bits per heavy atom. The van der Waals surface area contributed by atoms with Gasteiger partial charge in [-0.15, -0.1) is 11.3 Å². The fourth-order valence-corrected chi connectivity index (χ4v) is 7.44. The lowest BCUT2D eigenvalue weighted by Gasteiger charge is -2.14. The van der Waals surface area contributed by atoms with Crippen LogP contribution in [0, 0.1) is 0 Å². The highest BCUT2D eigenvalue weighted by Crippen LogP contribution is 2.42. The number of hydrogen-bond acceptors (Lipinski definition) is 7. The van der Waals surface area contributed by atoms with Crippen LogP contribution in [0.15, 0.2) is 114 Å². The number of aromatic nitrogens is 2. The second-order valence-electron chi connectivity index (χ2n) is 11.0. The molecule has 0 fully saturated rings. The van der Waals surface area contributed by atoms with Gasteiger partial charge in [0.1, 0.15) is 14.8 Å². The van der Waals surface area contributed by atoms with Gasteiger partial charge in [-0.3, -0.25) is 4.98 Å². The van der Waals surface area contributed by atoms with E-state index in [-0.39, 0.29) is 4.90 Å². The van der Waals surface area contributed by atoms with Crippen LogP contribution in [0.4, 0.5) is 0 Å². The maximum atomic E-state index is 12.3. The van der Waals surface area contributed by atoms with E-state index in [9.17, 15) is 16.8 Å². The molecule has 6 aromatic rings. The van der Waals surface area contributed by atoms with E-state index in [0.29, 0.717) is 6.42 Å². The minimum Gasteiger partial charge on any atom is -0.256 e. The quantitative estimate of drug-likeness (QED) is 0.169. The van der Waals surface area contributed by atoms with Gasteiger partial charge in [0.2, 0.25) is 0 Å². The van der Waals surface area contributed by atoms with Gasteiger partial charge in [-0.1, -0.05) is 66.7 Å². The highest BCUT2D eigenvalue weighted by atomic mass is 32.2. The molecule has 0 bridgehead atoms. The lowest BCUT2D eigenvalue weighted by atomic mass is 9.95. The summed E-state index contributed by atoms with van der Waals surface area (Å²) >= 11 is 1.51. The summed E-state index contributed by atoms with van der Waals surface area (Å²) in [4.78, 5) is 10.9. The molecular weight excluding hydrogens is 609 g/mol. The van der Waals surface area contributed by atoms with E-state index < -0.39 is 24.9 Å². The van der Waals surface area contributed by atoms with Gasteiger partial charge in [-0.25, -0.2) is 21.8 Å². The van der Waals surface area contributed by atoms with Gasteiger partial charge in [0, 0.05) is 40.8 Å². The third kappa shape index (κ3) is 6.22. The molecule has 2 heterocycles. The largest absolute Gasteiger partial charge is 0.256 e. The first-order valence-corrected chi connectivity index (χ1v) is 18.7. The Labute approximate surface area is 261 Å². The van der Waals surface area contributed by atoms with E-state index in [1.807, 2.05) is 78.9 Å². The van der Waals surface area contributed by atoms with Crippen LogP contribution in [0.3, 0.4) is 0 Å². The summed E-state index contributed by atoms with van der Waals surface area (Å²) < 4.78 is 49.0. The number of pyridine rings is 1. The smallest absolute Gasteiger partial charge is 0.175 e. The van der Waals surface area contributed by atoms with E-state index in [0.717, 1.165) is 59.9 Å². The number of hydrogen-bond donors (Lipinski definition) is 0. The lowest BCUT2D eigenvalue weighted by Crippen LogP contribution is -2.18. The molecule has 0 aliphatic rings. The Balaban J connectivity index is 1.51. The molecule has 1 atom stereocenters. The van der Waals surface area contributed by atoms with Gasteiger partial charge < -0.3 is 0 Å². The molecule has 0 aliphatic carbocycles. The summed E-state index contributed by atoms with van der Waals surface area (Å²) in [5, 5.41) is 1.15. The molecule has 6 nitrogen and oxygen atoms in total. The van der Waals surface area contributed by atoms with Crippen molar-refractivity contribution in [1.82, 2.24) is 9.97 Å². The molecule has 6 rings (SSSR count). The summed E-state index contributed by atoms with van der Waals surface area (Å²) in [5.74, 6) is 0. The van der Waals surface area contributed by atoms with Crippen molar-refractivity contribution >= 4 is 41.9 Å². The highest BCUT2D eigenvalue weighted by Gasteiger charge is 2.20. The van der Waals surface area contributed by atoms with Crippen LogP contribution in [-0.4, -0.2) is 44.6 Å². The zero-order valence-electron chi connectivity index (χ0n) is 24.4. The maximum absolute atomic E-state index is 12.3. The molecule has 4 aromatic carbocycles. The van der Waals surface area contributed by atoms with Gasteiger partial charge in [0.05, 0.1) is 26.2 Å². The van der Waals surface area contributed by atoms with E-state index >= 15 is 0 Å². The van der Waals surface area contributed by atoms with Crippen LogP contribution >= 0.6 is 11.3 Å².